The highest BCUT2D eigenvalue weighted by Crippen LogP contribution is 2.28. The van der Waals surface area contributed by atoms with E-state index in [4.69, 9.17) is 0 Å². The number of pyridine rings is 1. The Morgan fingerprint density at radius 1 is 1.06 bits per heavy atom. The molecule has 0 spiro atoms. The van der Waals surface area contributed by atoms with Crippen LogP contribution in [0.1, 0.15) is 31.3 Å². The lowest BCUT2D eigenvalue weighted by Gasteiger charge is -2.19. The molecule has 0 unspecified atom stereocenters. The third kappa shape index (κ3) is 4.62. The minimum atomic E-state index is -3.76. The van der Waals surface area contributed by atoms with Crippen LogP contribution >= 0.6 is 11.3 Å². The number of benzene rings is 2. The van der Waals surface area contributed by atoms with Gasteiger partial charge < -0.3 is 5.11 Å². The summed E-state index contributed by atoms with van der Waals surface area (Å²) < 4.78 is 28.5. The van der Waals surface area contributed by atoms with E-state index >= 15 is 0 Å². The average Bonchev–Trinajstić information content (AvgIpc) is 3.33. The summed E-state index contributed by atoms with van der Waals surface area (Å²) >= 11 is 1.34. The minimum absolute atomic E-state index is 0.0364. The third-order valence-electron chi connectivity index (χ3n) is 5.59. The van der Waals surface area contributed by atoms with E-state index in [0.29, 0.717) is 34.6 Å². The molecule has 0 fully saturated rings. The van der Waals surface area contributed by atoms with Crippen LogP contribution in [0.5, 0.6) is 5.88 Å². The van der Waals surface area contributed by atoms with Crippen molar-refractivity contribution < 1.29 is 13.5 Å². The van der Waals surface area contributed by atoms with Crippen molar-refractivity contribution in [2.45, 2.75) is 32.1 Å². The highest BCUT2D eigenvalue weighted by atomic mass is 32.2. The first-order valence-corrected chi connectivity index (χ1v) is 13.4. The van der Waals surface area contributed by atoms with Crippen molar-refractivity contribution in [3.8, 4) is 11.6 Å². The van der Waals surface area contributed by atoms with Gasteiger partial charge in [-0.05, 0) is 30.7 Å². The lowest BCUT2D eigenvalue weighted by Crippen LogP contribution is -2.30. The van der Waals surface area contributed by atoms with E-state index in [9.17, 15) is 18.3 Å². The van der Waals surface area contributed by atoms with Gasteiger partial charge in [0.25, 0.3) is 5.56 Å². The Kier molecular flexibility index (Phi) is 7.10. The minimum Gasteiger partial charge on any atom is -0.494 e. The highest BCUT2D eigenvalue weighted by Gasteiger charge is 2.23. The van der Waals surface area contributed by atoms with Gasteiger partial charge in [0.15, 0.2) is 0 Å². The molecule has 2 aromatic carbocycles. The molecule has 0 bridgehead atoms. The molecule has 0 aliphatic heterocycles. The van der Waals surface area contributed by atoms with E-state index in [1.165, 1.54) is 34.0 Å². The molecule has 0 saturated carbocycles. The van der Waals surface area contributed by atoms with E-state index in [2.05, 4.69) is 15.2 Å². The zero-order valence-electron chi connectivity index (χ0n) is 19.5. The largest absolute Gasteiger partial charge is 0.494 e. The molecule has 2 aromatic heterocycles. The summed E-state index contributed by atoms with van der Waals surface area (Å²) in [5.41, 5.74) is 0.0626. The second-order valence-corrected chi connectivity index (χ2v) is 10.6. The summed E-state index contributed by atoms with van der Waals surface area (Å²) in [5, 5.41) is 21.4. The smallest absolute Gasteiger partial charge is 0.265 e. The first-order chi connectivity index (χ1) is 16.8. The van der Waals surface area contributed by atoms with Crippen molar-refractivity contribution in [2.24, 2.45) is 4.99 Å². The van der Waals surface area contributed by atoms with Crippen LogP contribution in [0.4, 0.5) is 5.13 Å². The topological polar surface area (TPSA) is 118 Å². The summed E-state index contributed by atoms with van der Waals surface area (Å²) in [4.78, 5) is 17.8. The highest BCUT2D eigenvalue weighted by molar-refractivity contribution is 7.89. The molecule has 9 nitrogen and oxygen atoms in total. The SMILES string of the molecule is CCc1nnc(/N=C/c2c(O)n(-c3cccc(S(=O)(=O)N(CC)CC)c3)c(=O)c3ccccc23)s1. The molecule has 182 valence electrons. The summed E-state index contributed by atoms with van der Waals surface area (Å²) in [6.45, 7) is 6.12. The monoisotopic (exact) mass is 511 g/mol. The van der Waals surface area contributed by atoms with E-state index in [1.54, 1.807) is 50.2 Å². The summed E-state index contributed by atoms with van der Waals surface area (Å²) in [5.74, 6) is -0.352. The standard InChI is InChI=1S/C24H25N5O4S2/c1-4-21-26-27-24(34-21)25-15-20-18-12-7-8-13-19(18)22(30)29(23(20)31)16-10-9-11-17(14-16)35(32,33)28(5-2)6-3/h7-15,31H,4-6H2,1-3H3/b25-15+. The first kappa shape index (κ1) is 24.7. The number of sulfonamides is 1. The Labute approximate surface area is 207 Å². The number of aromatic hydroxyl groups is 1. The molecule has 4 aromatic rings. The number of aromatic nitrogens is 3. The predicted octanol–water partition coefficient (Wildman–Crippen LogP) is 3.89. The molecule has 4 rings (SSSR count). The fourth-order valence-corrected chi connectivity index (χ4v) is 5.91. The number of hydrogen-bond acceptors (Lipinski definition) is 8. The van der Waals surface area contributed by atoms with Gasteiger partial charge >= 0.3 is 0 Å². The van der Waals surface area contributed by atoms with Crippen molar-refractivity contribution in [2.75, 3.05) is 13.1 Å². The zero-order chi connectivity index (χ0) is 25.2. The summed E-state index contributed by atoms with van der Waals surface area (Å²) in [7, 11) is -3.76. The Balaban J connectivity index is 1.92. The van der Waals surface area contributed by atoms with Gasteiger partial charge in [0.1, 0.15) is 5.01 Å². The molecule has 0 aliphatic rings. The summed E-state index contributed by atoms with van der Waals surface area (Å²) in [6.07, 6.45) is 2.18. The lowest BCUT2D eigenvalue weighted by atomic mass is 10.1. The Bertz CT molecular complexity index is 1570. The van der Waals surface area contributed by atoms with Crippen molar-refractivity contribution in [1.82, 2.24) is 19.1 Å². The maximum Gasteiger partial charge on any atom is 0.265 e. The fraction of sp³-hybridized carbons (Fsp3) is 0.250. The number of nitrogens with zero attached hydrogens (tertiary/aromatic N) is 5. The van der Waals surface area contributed by atoms with Gasteiger partial charge in [-0.3, -0.25) is 4.79 Å². The van der Waals surface area contributed by atoms with Crippen LogP contribution in [-0.4, -0.2) is 51.9 Å². The number of rotatable bonds is 8. The molecule has 11 heteroatoms. The van der Waals surface area contributed by atoms with Gasteiger partial charge in [-0.1, -0.05) is 56.4 Å². The van der Waals surface area contributed by atoms with Crippen LogP contribution in [-0.2, 0) is 16.4 Å². The Hall–Kier alpha value is -3.41. The Morgan fingerprint density at radius 2 is 1.77 bits per heavy atom. The number of hydrogen-bond donors (Lipinski definition) is 1. The van der Waals surface area contributed by atoms with Gasteiger partial charge in [-0.15, -0.1) is 10.2 Å². The second kappa shape index (κ2) is 10.1. The molecule has 2 heterocycles. The molecular weight excluding hydrogens is 486 g/mol. The van der Waals surface area contributed by atoms with Crippen molar-refractivity contribution >= 4 is 43.5 Å². The number of fused-ring (bicyclic) bond motifs is 1. The maximum atomic E-state index is 13.4. The van der Waals surface area contributed by atoms with E-state index in [1.807, 2.05) is 6.92 Å². The zero-order valence-corrected chi connectivity index (χ0v) is 21.2. The predicted molar refractivity (Wildman–Crippen MR) is 138 cm³/mol. The average molecular weight is 512 g/mol. The maximum absolute atomic E-state index is 13.4. The molecule has 0 aliphatic carbocycles. The first-order valence-electron chi connectivity index (χ1n) is 11.2. The van der Waals surface area contributed by atoms with Gasteiger partial charge in [0.05, 0.1) is 16.1 Å². The van der Waals surface area contributed by atoms with Crippen molar-refractivity contribution in [3.63, 3.8) is 0 Å². The van der Waals surface area contributed by atoms with Crippen LogP contribution in [0.15, 0.2) is 63.2 Å². The van der Waals surface area contributed by atoms with Crippen LogP contribution in [0.2, 0.25) is 0 Å². The van der Waals surface area contributed by atoms with Gasteiger partial charge in [-0.2, -0.15) is 4.31 Å². The van der Waals surface area contributed by atoms with Crippen LogP contribution < -0.4 is 5.56 Å². The molecule has 0 atom stereocenters. The van der Waals surface area contributed by atoms with Gasteiger partial charge in [-0.25, -0.2) is 18.0 Å². The van der Waals surface area contributed by atoms with E-state index in [-0.39, 0.29) is 16.5 Å². The van der Waals surface area contributed by atoms with Crippen molar-refractivity contribution in [3.05, 3.63) is 69.5 Å². The third-order valence-corrected chi connectivity index (χ3v) is 8.61. The van der Waals surface area contributed by atoms with Crippen LogP contribution in [0.3, 0.4) is 0 Å². The summed E-state index contributed by atoms with van der Waals surface area (Å²) in [6, 6.07) is 12.9. The van der Waals surface area contributed by atoms with Crippen LogP contribution in [0, 0.1) is 0 Å². The van der Waals surface area contributed by atoms with Gasteiger partial charge in [0, 0.05) is 30.1 Å². The molecular formula is C24H25N5O4S2. The molecule has 1 N–H and O–H groups in total. The number of aliphatic imine (C=N–C) groups is 1. The fourth-order valence-electron chi connectivity index (χ4n) is 3.78. The quantitative estimate of drug-likeness (QED) is 0.359. The van der Waals surface area contributed by atoms with Gasteiger partial charge in [0.2, 0.25) is 21.0 Å². The van der Waals surface area contributed by atoms with Crippen LogP contribution in [0.25, 0.3) is 16.5 Å². The molecule has 0 amide bonds. The Morgan fingerprint density at radius 3 is 2.43 bits per heavy atom. The van der Waals surface area contributed by atoms with E-state index in [0.717, 1.165) is 16.0 Å². The second-order valence-electron chi connectivity index (χ2n) is 7.60. The molecule has 0 radical (unpaired) electrons. The molecule has 0 saturated heterocycles. The van der Waals surface area contributed by atoms with Crippen molar-refractivity contribution in [1.29, 1.82) is 0 Å². The number of aryl methyl sites for hydroxylation is 1. The lowest BCUT2D eigenvalue weighted by molar-refractivity contribution is 0.435. The molecule has 35 heavy (non-hydrogen) atoms. The van der Waals surface area contributed by atoms with E-state index < -0.39 is 15.6 Å². The normalized spacial score (nSPS) is 12.2.